The average Bonchev–Trinajstić information content (AvgIpc) is 1.30. The Labute approximate surface area is 47.7 Å². The first-order valence-electron chi connectivity index (χ1n) is 2.64. The SMILES string of the molecule is CC(C)(C)C[SiH2][O]. The second-order valence-corrected chi connectivity index (χ2v) is 3.92. The smallest absolute Gasteiger partial charge is 0.207 e. The first-order valence-corrected chi connectivity index (χ1v) is 4.22. The lowest BCUT2D eigenvalue weighted by atomic mass is 10.0. The van der Waals surface area contributed by atoms with E-state index in [1.54, 1.807) is 0 Å². The zero-order valence-electron chi connectivity index (χ0n) is 5.32. The van der Waals surface area contributed by atoms with Gasteiger partial charge in [-0.15, -0.1) is 0 Å². The molecule has 1 radical (unpaired) electrons. The molecule has 0 aliphatic carbocycles. The molecule has 0 aliphatic heterocycles. The third-order valence-electron chi connectivity index (χ3n) is 0.852. The fourth-order valence-corrected chi connectivity index (χ4v) is 0.919. The Morgan fingerprint density at radius 3 is 1.86 bits per heavy atom. The van der Waals surface area contributed by atoms with Crippen LogP contribution in [-0.4, -0.2) is 9.76 Å². The zero-order chi connectivity index (χ0) is 5.91. The quantitative estimate of drug-likeness (QED) is 0.456. The van der Waals surface area contributed by atoms with Gasteiger partial charge in [0.1, 0.15) is 0 Å². The summed E-state index contributed by atoms with van der Waals surface area (Å²) in [5.41, 5.74) is 0.300. The van der Waals surface area contributed by atoms with Crippen molar-refractivity contribution in [3.63, 3.8) is 0 Å². The Morgan fingerprint density at radius 1 is 1.43 bits per heavy atom. The summed E-state index contributed by atoms with van der Waals surface area (Å²) in [7, 11) is -0.940. The van der Waals surface area contributed by atoms with Crippen molar-refractivity contribution in [3.05, 3.63) is 0 Å². The lowest BCUT2D eigenvalue weighted by Crippen LogP contribution is -2.06. The molecular formula is C5H13OSi. The van der Waals surface area contributed by atoms with Gasteiger partial charge in [-0.05, 0) is 11.5 Å². The number of hydrogen-bond acceptors (Lipinski definition) is 0. The van der Waals surface area contributed by atoms with E-state index in [4.69, 9.17) is 0 Å². The zero-order valence-corrected chi connectivity index (χ0v) is 6.74. The van der Waals surface area contributed by atoms with Gasteiger partial charge in [-0.1, -0.05) is 20.8 Å². The van der Waals surface area contributed by atoms with Gasteiger partial charge in [0.15, 0.2) is 0 Å². The van der Waals surface area contributed by atoms with E-state index >= 15 is 0 Å². The molecule has 0 heterocycles. The summed E-state index contributed by atoms with van der Waals surface area (Å²) >= 11 is 0. The molecule has 0 aromatic carbocycles. The first-order chi connectivity index (χ1) is 3.06. The van der Waals surface area contributed by atoms with E-state index in [-0.39, 0.29) is 0 Å². The molecule has 0 bridgehead atoms. The molecule has 0 amide bonds. The summed E-state index contributed by atoms with van der Waals surface area (Å²) in [5.74, 6) is 0. The normalized spacial score (nSPS) is 13.7. The Hall–Kier alpha value is 0.177. The molecule has 43 valence electrons. The average molecular weight is 117 g/mol. The fraction of sp³-hybridized carbons (Fsp3) is 1.00. The van der Waals surface area contributed by atoms with Crippen molar-refractivity contribution >= 4 is 9.76 Å². The fourth-order valence-electron chi connectivity index (χ4n) is 0.306. The number of hydrogen-bond donors (Lipinski definition) is 0. The summed E-state index contributed by atoms with van der Waals surface area (Å²) in [6.07, 6.45) is 0. The summed E-state index contributed by atoms with van der Waals surface area (Å²) in [6.45, 7) is 6.33. The lowest BCUT2D eigenvalue weighted by molar-refractivity contribution is 0.412. The van der Waals surface area contributed by atoms with E-state index in [9.17, 15) is 4.80 Å². The van der Waals surface area contributed by atoms with Gasteiger partial charge in [-0.3, -0.25) is 0 Å². The van der Waals surface area contributed by atoms with E-state index < -0.39 is 9.76 Å². The highest BCUT2D eigenvalue weighted by Gasteiger charge is 2.08. The van der Waals surface area contributed by atoms with Crippen LogP contribution in [0.1, 0.15) is 20.8 Å². The minimum absolute atomic E-state index is 0.300. The standard InChI is InChI=1S/C5H13OSi/c1-5(2,3)4-7-6/h4,7H2,1-3H3. The Morgan fingerprint density at radius 2 is 1.86 bits per heavy atom. The van der Waals surface area contributed by atoms with Crippen LogP contribution in [0.15, 0.2) is 0 Å². The topological polar surface area (TPSA) is 19.9 Å². The van der Waals surface area contributed by atoms with Crippen LogP contribution in [0.4, 0.5) is 0 Å². The van der Waals surface area contributed by atoms with Crippen LogP contribution in [0.25, 0.3) is 0 Å². The molecule has 2 heteroatoms. The van der Waals surface area contributed by atoms with Crippen LogP contribution >= 0.6 is 0 Å². The van der Waals surface area contributed by atoms with Crippen molar-refractivity contribution < 1.29 is 4.80 Å². The van der Waals surface area contributed by atoms with Crippen molar-refractivity contribution in [2.24, 2.45) is 5.41 Å². The molecule has 0 N–H and O–H groups in total. The van der Waals surface area contributed by atoms with E-state index in [1.165, 1.54) is 0 Å². The highest BCUT2D eigenvalue weighted by atomic mass is 28.2. The van der Waals surface area contributed by atoms with Crippen molar-refractivity contribution in [1.82, 2.24) is 0 Å². The largest absolute Gasteiger partial charge is 0.306 e. The van der Waals surface area contributed by atoms with Crippen molar-refractivity contribution in [2.45, 2.75) is 26.8 Å². The molecule has 0 aromatic heterocycles. The molecule has 0 fully saturated rings. The summed E-state index contributed by atoms with van der Waals surface area (Å²) < 4.78 is 0. The highest BCUT2D eigenvalue weighted by molar-refractivity contribution is 6.25. The van der Waals surface area contributed by atoms with Gasteiger partial charge in [0, 0.05) is 0 Å². The van der Waals surface area contributed by atoms with Gasteiger partial charge in [-0.25, -0.2) is 0 Å². The van der Waals surface area contributed by atoms with Crippen LogP contribution in [-0.2, 0) is 4.80 Å². The second-order valence-electron chi connectivity index (χ2n) is 3.01. The summed E-state index contributed by atoms with van der Waals surface area (Å²) in [6, 6.07) is 0.924. The molecule has 0 unspecified atom stereocenters. The maximum atomic E-state index is 10.1. The van der Waals surface area contributed by atoms with Crippen LogP contribution < -0.4 is 0 Å². The molecule has 0 rings (SSSR count). The third kappa shape index (κ3) is 6.18. The second kappa shape index (κ2) is 2.48. The Kier molecular flexibility index (Phi) is 2.54. The minimum atomic E-state index is -0.940. The van der Waals surface area contributed by atoms with Gasteiger partial charge in [-0.2, -0.15) is 0 Å². The third-order valence-corrected chi connectivity index (χ3v) is 2.56. The number of rotatable bonds is 1. The molecule has 0 saturated heterocycles. The van der Waals surface area contributed by atoms with Gasteiger partial charge in [0.05, 0.1) is 0 Å². The van der Waals surface area contributed by atoms with E-state index in [2.05, 4.69) is 20.8 Å². The molecule has 1 nitrogen and oxygen atoms in total. The highest BCUT2D eigenvalue weighted by Crippen LogP contribution is 2.17. The Balaban J connectivity index is 3.15. The van der Waals surface area contributed by atoms with E-state index in [0.29, 0.717) is 5.41 Å². The maximum Gasteiger partial charge on any atom is 0.207 e. The van der Waals surface area contributed by atoms with Crippen LogP contribution in [0.5, 0.6) is 0 Å². The molecule has 0 aromatic rings. The van der Waals surface area contributed by atoms with Gasteiger partial charge in [0.2, 0.25) is 9.76 Å². The van der Waals surface area contributed by atoms with E-state index in [0.717, 1.165) is 6.04 Å². The maximum absolute atomic E-state index is 10.1. The van der Waals surface area contributed by atoms with Crippen molar-refractivity contribution in [3.8, 4) is 0 Å². The molecule has 0 spiro atoms. The van der Waals surface area contributed by atoms with Gasteiger partial charge >= 0.3 is 0 Å². The van der Waals surface area contributed by atoms with Crippen molar-refractivity contribution in [2.75, 3.05) is 0 Å². The van der Waals surface area contributed by atoms with Crippen LogP contribution in [0.3, 0.4) is 0 Å². The molecule has 0 atom stereocenters. The summed E-state index contributed by atoms with van der Waals surface area (Å²) in [5, 5.41) is 0. The Bertz CT molecular complexity index is 46.5. The van der Waals surface area contributed by atoms with Gasteiger partial charge in [0.25, 0.3) is 0 Å². The molecule has 0 saturated carbocycles. The predicted molar refractivity (Wildman–Crippen MR) is 33.5 cm³/mol. The molecular weight excluding hydrogens is 104 g/mol. The monoisotopic (exact) mass is 117 g/mol. The molecule has 7 heavy (non-hydrogen) atoms. The lowest BCUT2D eigenvalue weighted by Gasteiger charge is -2.13. The summed E-state index contributed by atoms with van der Waals surface area (Å²) in [4.78, 5) is 10.1. The van der Waals surface area contributed by atoms with Gasteiger partial charge < -0.3 is 4.80 Å². The minimum Gasteiger partial charge on any atom is -0.306 e. The van der Waals surface area contributed by atoms with Crippen LogP contribution in [0, 0.1) is 5.41 Å². The van der Waals surface area contributed by atoms with E-state index in [1.807, 2.05) is 0 Å². The molecule has 0 aliphatic rings. The predicted octanol–water partition coefficient (Wildman–Crippen LogP) is 0.965. The first kappa shape index (κ1) is 7.18. The van der Waals surface area contributed by atoms with Crippen LogP contribution in [0.2, 0.25) is 6.04 Å². The van der Waals surface area contributed by atoms with Crippen molar-refractivity contribution in [1.29, 1.82) is 0 Å².